The number of carboxylic acid groups (broad SMARTS) is 1. The molecule has 1 aromatic carbocycles. The first-order valence-electron chi connectivity index (χ1n) is 6.36. The first-order valence-corrected chi connectivity index (χ1v) is 6.36. The Balaban J connectivity index is 2.75. The predicted molar refractivity (Wildman–Crippen MR) is 73.4 cm³/mol. The van der Waals surface area contributed by atoms with E-state index in [1.807, 2.05) is 37.3 Å². The number of rotatable bonds is 7. The van der Waals surface area contributed by atoms with Crippen LogP contribution >= 0.6 is 0 Å². The number of allylic oxidation sites excluding steroid dienone is 1. The first-order chi connectivity index (χ1) is 8.65. The maximum absolute atomic E-state index is 11.3. The summed E-state index contributed by atoms with van der Waals surface area (Å²) in [6.07, 6.45) is 2.61. The number of unbranched alkanes of at least 4 members (excludes halogenated alkanes) is 1. The molecule has 0 heterocycles. The zero-order valence-corrected chi connectivity index (χ0v) is 11.1. The smallest absolute Gasteiger partial charge is 0.333 e. The molecule has 0 spiro atoms. The average molecular weight is 247 g/mol. The van der Waals surface area contributed by atoms with Crippen molar-refractivity contribution in [3.05, 3.63) is 47.2 Å². The molecule has 18 heavy (non-hydrogen) atoms. The van der Waals surface area contributed by atoms with Gasteiger partial charge in [-0.05, 0) is 18.9 Å². The van der Waals surface area contributed by atoms with Crippen molar-refractivity contribution in [3.8, 4) is 0 Å². The van der Waals surface area contributed by atoms with Crippen LogP contribution in [0.2, 0.25) is 0 Å². The second-order valence-corrected chi connectivity index (χ2v) is 4.35. The Kier molecular flexibility index (Phi) is 5.98. The molecule has 0 radical (unpaired) electrons. The lowest BCUT2D eigenvalue weighted by molar-refractivity contribution is -0.132. The highest BCUT2D eigenvalue weighted by molar-refractivity contribution is 5.87. The fraction of sp³-hybridized carbons (Fsp3) is 0.400. The van der Waals surface area contributed by atoms with Crippen molar-refractivity contribution in [3.63, 3.8) is 0 Å². The normalized spacial score (nSPS) is 11.9. The van der Waals surface area contributed by atoms with Crippen molar-refractivity contribution >= 4 is 5.97 Å². The molecular weight excluding hydrogens is 226 g/mol. The van der Waals surface area contributed by atoms with E-state index in [0.717, 1.165) is 30.6 Å². The molecule has 3 nitrogen and oxygen atoms in total. The number of benzene rings is 1. The van der Waals surface area contributed by atoms with Crippen LogP contribution in [0.4, 0.5) is 0 Å². The van der Waals surface area contributed by atoms with E-state index in [-0.39, 0.29) is 0 Å². The van der Waals surface area contributed by atoms with Gasteiger partial charge in [-0.15, -0.1) is 0 Å². The lowest BCUT2D eigenvalue weighted by atomic mass is 10.0. The van der Waals surface area contributed by atoms with Crippen molar-refractivity contribution in [1.82, 2.24) is 5.32 Å². The van der Waals surface area contributed by atoms with Crippen LogP contribution in [0.1, 0.15) is 32.3 Å². The number of carbonyl (C=O) groups is 1. The Morgan fingerprint density at radius 3 is 2.50 bits per heavy atom. The van der Waals surface area contributed by atoms with Crippen molar-refractivity contribution in [2.75, 3.05) is 6.54 Å². The molecule has 0 atom stereocenters. The van der Waals surface area contributed by atoms with Gasteiger partial charge in [0.1, 0.15) is 0 Å². The zero-order valence-electron chi connectivity index (χ0n) is 11.1. The SMILES string of the molecule is CCCCN/C(C)=C(/Cc1ccccc1)C(=O)O. The molecule has 0 saturated heterocycles. The molecule has 0 aliphatic rings. The van der Waals surface area contributed by atoms with E-state index in [9.17, 15) is 9.90 Å². The van der Waals surface area contributed by atoms with E-state index in [2.05, 4.69) is 12.2 Å². The molecule has 98 valence electrons. The van der Waals surface area contributed by atoms with Gasteiger partial charge < -0.3 is 10.4 Å². The van der Waals surface area contributed by atoms with E-state index < -0.39 is 5.97 Å². The van der Waals surface area contributed by atoms with Gasteiger partial charge in [0.15, 0.2) is 0 Å². The number of nitrogens with one attached hydrogen (secondary N) is 1. The van der Waals surface area contributed by atoms with Gasteiger partial charge in [0.2, 0.25) is 0 Å². The fourth-order valence-electron chi connectivity index (χ4n) is 1.73. The first kappa shape index (κ1) is 14.3. The van der Waals surface area contributed by atoms with Crippen LogP contribution in [-0.4, -0.2) is 17.6 Å². The van der Waals surface area contributed by atoms with Gasteiger partial charge in [-0.1, -0.05) is 43.7 Å². The molecule has 0 unspecified atom stereocenters. The lowest BCUT2D eigenvalue weighted by Gasteiger charge is -2.11. The van der Waals surface area contributed by atoms with Crippen molar-refractivity contribution in [1.29, 1.82) is 0 Å². The second-order valence-electron chi connectivity index (χ2n) is 4.35. The van der Waals surface area contributed by atoms with Gasteiger partial charge >= 0.3 is 5.97 Å². The van der Waals surface area contributed by atoms with Crippen LogP contribution < -0.4 is 5.32 Å². The summed E-state index contributed by atoms with van der Waals surface area (Å²) in [6.45, 7) is 4.78. The molecule has 0 aliphatic carbocycles. The van der Waals surface area contributed by atoms with Gasteiger partial charge in [-0.3, -0.25) is 0 Å². The third-order valence-corrected chi connectivity index (χ3v) is 2.86. The topological polar surface area (TPSA) is 49.3 Å². The minimum absolute atomic E-state index is 0.442. The largest absolute Gasteiger partial charge is 0.478 e. The fourth-order valence-corrected chi connectivity index (χ4v) is 1.73. The van der Waals surface area contributed by atoms with Crippen LogP contribution in [0.5, 0.6) is 0 Å². The van der Waals surface area contributed by atoms with E-state index in [0.29, 0.717) is 12.0 Å². The molecule has 0 amide bonds. The Morgan fingerprint density at radius 2 is 1.94 bits per heavy atom. The third-order valence-electron chi connectivity index (χ3n) is 2.86. The molecule has 1 rings (SSSR count). The Morgan fingerprint density at radius 1 is 1.28 bits per heavy atom. The summed E-state index contributed by atoms with van der Waals surface area (Å²) in [5, 5.41) is 12.4. The second kappa shape index (κ2) is 7.54. The molecule has 0 saturated carbocycles. The highest BCUT2D eigenvalue weighted by atomic mass is 16.4. The Hall–Kier alpha value is -1.77. The highest BCUT2D eigenvalue weighted by Crippen LogP contribution is 2.11. The van der Waals surface area contributed by atoms with Crippen LogP contribution in [0.25, 0.3) is 0 Å². The summed E-state index contributed by atoms with van der Waals surface area (Å²) in [5.41, 5.74) is 2.23. The molecule has 0 fully saturated rings. The van der Waals surface area contributed by atoms with Gasteiger partial charge in [-0.2, -0.15) is 0 Å². The summed E-state index contributed by atoms with van der Waals surface area (Å²) in [6, 6.07) is 9.67. The highest BCUT2D eigenvalue weighted by Gasteiger charge is 2.12. The maximum Gasteiger partial charge on any atom is 0.333 e. The predicted octanol–water partition coefficient (Wildman–Crippen LogP) is 2.98. The lowest BCUT2D eigenvalue weighted by Crippen LogP contribution is -2.18. The standard InChI is InChI=1S/C15H21NO2/c1-3-4-10-16-12(2)14(15(17)18)11-13-8-6-5-7-9-13/h5-9,16H,3-4,10-11H2,1-2H3,(H,17,18)/b14-12-. The van der Waals surface area contributed by atoms with E-state index >= 15 is 0 Å². The van der Waals surface area contributed by atoms with Gasteiger partial charge in [-0.25, -0.2) is 4.79 Å². The maximum atomic E-state index is 11.3. The summed E-state index contributed by atoms with van der Waals surface area (Å²) < 4.78 is 0. The van der Waals surface area contributed by atoms with E-state index in [1.165, 1.54) is 0 Å². The summed E-state index contributed by atoms with van der Waals surface area (Å²) in [7, 11) is 0. The minimum Gasteiger partial charge on any atom is -0.478 e. The summed E-state index contributed by atoms with van der Waals surface area (Å²) in [5.74, 6) is -0.847. The van der Waals surface area contributed by atoms with Crippen LogP contribution in [-0.2, 0) is 11.2 Å². The Bertz CT molecular complexity index is 410. The zero-order chi connectivity index (χ0) is 13.4. The minimum atomic E-state index is -0.847. The van der Waals surface area contributed by atoms with E-state index in [1.54, 1.807) is 0 Å². The summed E-state index contributed by atoms with van der Waals surface area (Å²) >= 11 is 0. The summed E-state index contributed by atoms with van der Waals surface area (Å²) in [4.78, 5) is 11.3. The molecule has 1 aromatic rings. The van der Waals surface area contributed by atoms with Gasteiger partial charge in [0.25, 0.3) is 0 Å². The van der Waals surface area contributed by atoms with E-state index in [4.69, 9.17) is 0 Å². The molecule has 0 bridgehead atoms. The van der Waals surface area contributed by atoms with Crippen LogP contribution in [0, 0.1) is 0 Å². The molecule has 3 heteroatoms. The monoisotopic (exact) mass is 247 g/mol. The van der Waals surface area contributed by atoms with Gasteiger partial charge in [0, 0.05) is 18.7 Å². The average Bonchev–Trinajstić information content (AvgIpc) is 2.37. The number of hydrogen-bond acceptors (Lipinski definition) is 2. The molecule has 0 aliphatic heterocycles. The van der Waals surface area contributed by atoms with Crippen LogP contribution in [0.3, 0.4) is 0 Å². The number of aliphatic carboxylic acids is 1. The van der Waals surface area contributed by atoms with Gasteiger partial charge in [0.05, 0.1) is 5.57 Å². The Labute approximate surface area is 109 Å². The van der Waals surface area contributed by atoms with Crippen molar-refractivity contribution in [2.45, 2.75) is 33.1 Å². The molecular formula is C15H21NO2. The number of carboxylic acids is 1. The molecule has 2 N–H and O–H groups in total. The van der Waals surface area contributed by atoms with Crippen LogP contribution in [0.15, 0.2) is 41.6 Å². The van der Waals surface area contributed by atoms with Crippen molar-refractivity contribution < 1.29 is 9.90 Å². The third kappa shape index (κ3) is 4.62. The molecule has 0 aromatic heterocycles. The number of hydrogen-bond donors (Lipinski definition) is 2. The quantitative estimate of drug-likeness (QED) is 0.575. The van der Waals surface area contributed by atoms with Crippen molar-refractivity contribution in [2.24, 2.45) is 0 Å².